The summed E-state index contributed by atoms with van der Waals surface area (Å²) in [4.78, 5) is 37.5. The second-order valence-corrected chi connectivity index (χ2v) is 9.97. The third kappa shape index (κ3) is 5.19. The quantitative estimate of drug-likeness (QED) is 0.566. The third-order valence-electron chi connectivity index (χ3n) is 5.70. The normalized spacial score (nSPS) is 14.4. The number of hydrogen-bond donors (Lipinski definition) is 1. The summed E-state index contributed by atoms with van der Waals surface area (Å²) >= 11 is 2.94. The number of piperidine rings is 1. The highest BCUT2D eigenvalue weighted by atomic mass is 32.2. The van der Waals surface area contributed by atoms with Crippen LogP contribution in [0.15, 0.2) is 51.8 Å². The number of rotatable bonds is 5. The Balaban J connectivity index is 1.40. The minimum Gasteiger partial charge on any atom is -0.339 e. The molecule has 32 heavy (non-hydrogen) atoms. The monoisotopic (exact) mass is 466 g/mol. The lowest BCUT2D eigenvalue weighted by molar-refractivity contribution is -0.121. The number of carbonyl (C=O) groups is 2. The van der Waals surface area contributed by atoms with Gasteiger partial charge < -0.3 is 10.2 Å². The fraction of sp³-hybridized carbons (Fsp3) is 0.333. The Bertz CT molecular complexity index is 1140. The van der Waals surface area contributed by atoms with E-state index in [9.17, 15) is 9.59 Å². The lowest BCUT2D eigenvalue weighted by Crippen LogP contribution is -2.41. The van der Waals surface area contributed by atoms with Gasteiger partial charge in [-0.1, -0.05) is 17.8 Å². The fourth-order valence-electron chi connectivity index (χ4n) is 3.66. The van der Waals surface area contributed by atoms with Crippen molar-refractivity contribution < 1.29 is 9.59 Å². The summed E-state index contributed by atoms with van der Waals surface area (Å²) in [6, 6.07) is 9.90. The van der Waals surface area contributed by atoms with E-state index in [4.69, 9.17) is 0 Å². The van der Waals surface area contributed by atoms with Crippen LogP contribution in [0.1, 0.15) is 40.0 Å². The standard InChI is InChI=1S/C24H26N4O2S2/c1-15-6-7-19(13-16(15)2)32-22-20(5-4-10-25-22)23(30)28-11-8-18(9-12-28)21(29)27-24-26-17(3)14-31-24/h4-7,10,13-14,18H,8-9,11-12H2,1-3H3,(H,26,27,29). The predicted octanol–water partition coefficient (Wildman–Crippen LogP) is 5.11. The molecule has 0 spiro atoms. The maximum atomic E-state index is 13.3. The number of nitrogens with one attached hydrogen (secondary N) is 1. The van der Waals surface area contributed by atoms with Gasteiger partial charge in [-0.05, 0) is 69.0 Å². The molecule has 0 atom stereocenters. The molecule has 1 N–H and O–H groups in total. The van der Waals surface area contributed by atoms with Crippen LogP contribution in [-0.2, 0) is 4.79 Å². The van der Waals surface area contributed by atoms with Crippen molar-refractivity contribution in [3.63, 3.8) is 0 Å². The summed E-state index contributed by atoms with van der Waals surface area (Å²) in [7, 11) is 0. The summed E-state index contributed by atoms with van der Waals surface area (Å²) in [6.07, 6.45) is 3.00. The zero-order valence-corrected chi connectivity index (χ0v) is 20.1. The highest BCUT2D eigenvalue weighted by molar-refractivity contribution is 7.99. The van der Waals surface area contributed by atoms with Crippen molar-refractivity contribution in [1.82, 2.24) is 14.9 Å². The molecule has 1 aliphatic heterocycles. The van der Waals surface area contributed by atoms with Crippen LogP contribution in [0.3, 0.4) is 0 Å². The molecule has 2 amide bonds. The van der Waals surface area contributed by atoms with Crippen LogP contribution in [0.5, 0.6) is 0 Å². The Kier molecular flexibility index (Phi) is 6.91. The van der Waals surface area contributed by atoms with Gasteiger partial charge >= 0.3 is 0 Å². The molecule has 0 radical (unpaired) electrons. The molecule has 1 aromatic carbocycles. The van der Waals surface area contributed by atoms with Gasteiger partial charge in [-0.15, -0.1) is 11.3 Å². The number of nitrogens with zero attached hydrogens (tertiary/aromatic N) is 3. The van der Waals surface area contributed by atoms with E-state index < -0.39 is 0 Å². The van der Waals surface area contributed by atoms with Gasteiger partial charge in [-0.3, -0.25) is 9.59 Å². The highest BCUT2D eigenvalue weighted by Crippen LogP contribution is 2.31. The summed E-state index contributed by atoms with van der Waals surface area (Å²) in [5.41, 5.74) is 3.96. The van der Waals surface area contributed by atoms with Crippen molar-refractivity contribution >= 4 is 40.0 Å². The Labute approximate surface area is 196 Å². The third-order valence-corrected chi connectivity index (χ3v) is 7.58. The van der Waals surface area contributed by atoms with Gasteiger partial charge in [0.1, 0.15) is 5.03 Å². The van der Waals surface area contributed by atoms with Crippen LogP contribution in [0.25, 0.3) is 0 Å². The van der Waals surface area contributed by atoms with Gasteiger partial charge in [-0.2, -0.15) is 0 Å². The van der Waals surface area contributed by atoms with Crippen molar-refractivity contribution in [2.75, 3.05) is 18.4 Å². The van der Waals surface area contributed by atoms with Crippen molar-refractivity contribution in [3.05, 3.63) is 64.3 Å². The van der Waals surface area contributed by atoms with Crippen LogP contribution in [-0.4, -0.2) is 39.8 Å². The maximum Gasteiger partial charge on any atom is 0.256 e. The first-order chi connectivity index (χ1) is 15.4. The smallest absolute Gasteiger partial charge is 0.256 e. The van der Waals surface area contributed by atoms with Crippen LogP contribution in [0, 0.1) is 26.7 Å². The molecule has 3 heterocycles. The number of carbonyl (C=O) groups excluding carboxylic acids is 2. The summed E-state index contributed by atoms with van der Waals surface area (Å²) in [5.74, 6) is -0.154. The molecular weight excluding hydrogens is 440 g/mol. The van der Waals surface area contributed by atoms with Gasteiger partial charge in [-0.25, -0.2) is 9.97 Å². The van der Waals surface area contributed by atoms with Crippen molar-refractivity contribution in [3.8, 4) is 0 Å². The molecular formula is C24H26N4O2S2. The molecule has 4 rings (SSSR count). The van der Waals surface area contributed by atoms with E-state index in [0.29, 0.717) is 41.7 Å². The maximum absolute atomic E-state index is 13.3. The van der Waals surface area contributed by atoms with Crippen LogP contribution in [0.2, 0.25) is 0 Å². The minimum atomic E-state index is -0.110. The molecule has 1 fully saturated rings. The minimum absolute atomic E-state index is 0.0150. The van der Waals surface area contributed by atoms with Gasteiger partial charge in [0.2, 0.25) is 5.91 Å². The number of pyridine rings is 1. The summed E-state index contributed by atoms with van der Waals surface area (Å²) < 4.78 is 0. The van der Waals surface area contributed by atoms with Crippen molar-refractivity contribution in [2.45, 2.75) is 43.5 Å². The van der Waals surface area contributed by atoms with Crippen LogP contribution < -0.4 is 5.32 Å². The largest absolute Gasteiger partial charge is 0.339 e. The molecule has 0 unspecified atom stereocenters. The first-order valence-corrected chi connectivity index (χ1v) is 12.3. The molecule has 1 aliphatic rings. The van der Waals surface area contributed by atoms with Crippen LogP contribution >= 0.6 is 23.1 Å². The number of benzene rings is 1. The second kappa shape index (κ2) is 9.83. The molecule has 0 bridgehead atoms. The molecule has 166 valence electrons. The van der Waals surface area contributed by atoms with Crippen molar-refractivity contribution in [1.29, 1.82) is 0 Å². The number of aryl methyl sites for hydroxylation is 3. The first-order valence-electron chi connectivity index (χ1n) is 10.6. The average molecular weight is 467 g/mol. The SMILES string of the molecule is Cc1csc(NC(=O)C2CCN(C(=O)c3cccnc3Sc3ccc(C)c(C)c3)CC2)n1. The number of aromatic nitrogens is 2. The Morgan fingerprint density at radius 3 is 2.59 bits per heavy atom. The number of thiazole rings is 1. The van der Waals surface area contributed by atoms with Gasteiger partial charge in [0.25, 0.3) is 5.91 Å². The van der Waals surface area contributed by atoms with Crippen molar-refractivity contribution in [2.24, 2.45) is 5.92 Å². The topological polar surface area (TPSA) is 75.2 Å². The molecule has 6 nitrogen and oxygen atoms in total. The lowest BCUT2D eigenvalue weighted by Gasteiger charge is -2.31. The number of likely N-dealkylation sites (tertiary alicyclic amines) is 1. The van der Waals surface area contributed by atoms with E-state index in [0.717, 1.165) is 10.6 Å². The Morgan fingerprint density at radius 2 is 1.91 bits per heavy atom. The molecule has 1 saturated heterocycles. The fourth-order valence-corrected chi connectivity index (χ4v) is 5.32. The van der Waals surface area contributed by atoms with E-state index >= 15 is 0 Å². The zero-order valence-electron chi connectivity index (χ0n) is 18.4. The van der Waals surface area contributed by atoms with Crippen LogP contribution in [0.4, 0.5) is 5.13 Å². The second-order valence-electron chi connectivity index (χ2n) is 8.05. The summed E-state index contributed by atoms with van der Waals surface area (Å²) in [5, 5.41) is 6.16. The Morgan fingerprint density at radius 1 is 1.12 bits per heavy atom. The summed E-state index contributed by atoms with van der Waals surface area (Å²) in [6.45, 7) is 7.18. The zero-order chi connectivity index (χ0) is 22.7. The molecule has 3 aromatic rings. The highest BCUT2D eigenvalue weighted by Gasteiger charge is 2.29. The average Bonchev–Trinajstić information content (AvgIpc) is 3.20. The van der Waals surface area contributed by atoms with Gasteiger partial charge in [0, 0.05) is 35.5 Å². The first kappa shape index (κ1) is 22.5. The van der Waals surface area contributed by atoms with E-state index in [1.165, 1.54) is 34.2 Å². The van der Waals surface area contributed by atoms with E-state index in [2.05, 4.69) is 47.3 Å². The van der Waals surface area contributed by atoms with E-state index in [1.54, 1.807) is 12.3 Å². The van der Waals surface area contributed by atoms with E-state index in [1.807, 2.05) is 23.3 Å². The molecule has 8 heteroatoms. The number of hydrogen-bond acceptors (Lipinski definition) is 6. The lowest BCUT2D eigenvalue weighted by atomic mass is 9.95. The Hall–Kier alpha value is -2.71. The van der Waals surface area contributed by atoms with Gasteiger partial charge in [0.15, 0.2) is 5.13 Å². The number of amides is 2. The number of anilines is 1. The molecule has 0 aliphatic carbocycles. The molecule has 0 saturated carbocycles. The molecule has 2 aromatic heterocycles. The van der Waals surface area contributed by atoms with Gasteiger partial charge in [0.05, 0.1) is 11.3 Å². The van der Waals surface area contributed by atoms with E-state index in [-0.39, 0.29) is 17.7 Å². The predicted molar refractivity (Wildman–Crippen MR) is 128 cm³/mol.